The van der Waals surface area contributed by atoms with Gasteiger partial charge in [-0.2, -0.15) is 5.26 Å². The molecule has 3 aromatic carbocycles. The van der Waals surface area contributed by atoms with Gasteiger partial charge in [0, 0.05) is 16.7 Å². The van der Waals surface area contributed by atoms with Crippen LogP contribution >= 0.6 is 11.6 Å². The Labute approximate surface area is 180 Å². The molecule has 3 aromatic rings. The molecule has 30 heavy (non-hydrogen) atoms. The highest BCUT2D eigenvalue weighted by molar-refractivity contribution is 6.31. The van der Waals surface area contributed by atoms with Crippen molar-refractivity contribution in [2.75, 3.05) is 19.0 Å². The molecule has 0 aliphatic rings. The molecule has 0 saturated heterocycles. The molecule has 0 unspecified atom stereocenters. The molecule has 1 N–H and O–H groups in total. The standard InChI is InChI=1S/C24H21ClN2O3/c1-4-30-22-10-9-16-7-5-6-8-18(16)19(22)12-17(14-26)24(28)27-21-11-15(2)20(25)13-23(21)29-3/h5-13H,4H2,1-3H3,(H,27,28)/b17-12+. The van der Waals surface area contributed by atoms with Gasteiger partial charge in [0.15, 0.2) is 0 Å². The summed E-state index contributed by atoms with van der Waals surface area (Å²) in [5.41, 5.74) is 1.85. The summed E-state index contributed by atoms with van der Waals surface area (Å²) in [6.07, 6.45) is 1.55. The van der Waals surface area contributed by atoms with Gasteiger partial charge in [0.1, 0.15) is 23.1 Å². The average molecular weight is 421 g/mol. The van der Waals surface area contributed by atoms with Gasteiger partial charge in [0.2, 0.25) is 0 Å². The van der Waals surface area contributed by atoms with Crippen molar-refractivity contribution in [3.8, 4) is 17.6 Å². The number of fused-ring (bicyclic) bond motifs is 1. The first-order valence-electron chi connectivity index (χ1n) is 9.40. The van der Waals surface area contributed by atoms with Crippen LogP contribution in [0.25, 0.3) is 16.8 Å². The zero-order valence-corrected chi connectivity index (χ0v) is 17.7. The molecule has 152 valence electrons. The van der Waals surface area contributed by atoms with Crippen molar-refractivity contribution in [2.24, 2.45) is 0 Å². The van der Waals surface area contributed by atoms with Crippen LogP contribution in [0.4, 0.5) is 5.69 Å². The van der Waals surface area contributed by atoms with E-state index in [4.69, 9.17) is 21.1 Å². The molecule has 0 fully saturated rings. The molecular weight excluding hydrogens is 400 g/mol. The van der Waals surface area contributed by atoms with Crippen LogP contribution in [0.2, 0.25) is 5.02 Å². The van der Waals surface area contributed by atoms with Crippen LogP contribution in [-0.2, 0) is 4.79 Å². The molecule has 0 heterocycles. The summed E-state index contributed by atoms with van der Waals surface area (Å²) >= 11 is 6.13. The second-order valence-corrected chi connectivity index (χ2v) is 6.96. The van der Waals surface area contributed by atoms with Gasteiger partial charge in [0.05, 0.1) is 19.4 Å². The summed E-state index contributed by atoms with van der Waals surface area (Å²) in [5.74, 6) is 0.473. The van der Waals surface area contributed by atoms with Crippen molar-refractivity contribution in [2.45, 2.75) is 13.8 Å². The topological polar surface area (TPSA) is 71.3 Å². The number of ether oxygens (including phenoxy) is 2. The monoisotopic (exact) mass is 420 g/mol. The number of methoxy groups -OCH3 is 1. The number of anilines is 1. The van der Waals surface area contributed by atoms with Gasteiger partial charge >= 0.3 is 0 Å². The number of hydrogen-bond acceptors (Lipinski definition) is 4. The Hall–Kier alpha value is -3.49. The second-order valence-electron chi connectivity index (χ2n) is 6.56. The van der Waals surface area contributed by atoms with Gasteiger partial charge in [-0.15, -0.1) is 0 Å². The molecular formula is C24H21ClN2O3. The van der Waals surface area contributed by atoms with E-state index in [-0.39, 0.29) is 5.57 Å². The first kappa shape index (κ1) is 21.2. The Balaban J connectivity index is 2.05. The van der Waals surface area contributed by atoms with Crippen molar-refractivity contribution in [1.82, 2.24) is 0 Å². The quantitative estimate of drug-likeness (QED) is 0.406. The second kappa shape index (κ2) is 9.34. The number of nitrogens with one attached hydrogen (secondary N) is 1. The Morgan fingerprint density at radius 1 is 1.20 bits per heavy atom. The van der Waals surface area contributed by atoms with Gasteiger partial charge in [-0.3, -0.25) is 4.79 Å². The summed E-state index contributed by atoms with van der Waals surface area (Å²) in [4.78, 5) is 12.9. The van der Waals surface area contributed by atoms with Gasteiger partial charge in [-0.25, -0.2) is 0 Å². The van der Waals surface area contributed by atoms with Crippen LogP contribution in [0.5, 0.6) is 11.5 Å². The molecule has 5 nitrogen and oxygen atoms in total. The number of carbonyl (C=O) groups is 1. The van der Waals surface area contributed by atoms with E-state index in [9.17, 15) is 10.1 Å². The lowest BCUT2D eigenvalue weighted by Crippen LogP contribution is -2.14. The zero-order chi connectivity index (χ0) is 21.7. The van der Waals surface area contributed by atoms with Crippen LogP contribution in [0.3, 0.4) is 0 Å². The Morgan fingerprint density at radius 2 is 1.97 bits per heavy atom. The number of nitrogens with zero attached hydrogens (tertiary/aromatic N) is 1. The first-order valence-corrected chi connectivity index (χ1v) is 9.78. The van der Waals surface area contributed by atoms with E-state index < -0.39 is 5.91 Å². The Kier molecular flexibility index (Phi) is 6.61. The van der Waals surface area contributed by atoms with E-state index in [1.807, 2.05) is 56.3 Å². The van der Waals surface area contributed by atoms with Crippen molar-refractivity contribution in [1.29, 1.82) is 5.26 Å². The number of amides is 1. The Bertz CT molecular complexity index is 1180. The van der Waals surface area contributed by atoms with Crippen LogP contribution in [0, 0.1) is 18.3 Å². The third kappa shape index (κ3) is 4.40. The molecule has 1 amide bonds. The minimum absolute atomic E-state index is 0.0537. The fourth-order valence-corrected chi connectivity index (χ4v) is 3.27. The smallest absolute Gasteiger partial charge is 0.266 e. The third-order valence-electron chi connectivity index (χ3n) is 4.61. The number of halogens is 1. The van der Waals surface area contributed by atoms with E-state index in [0.29, 0.717) is 34.4 Å². The van der Waals surface area contributed by atoms with Crippen LogP contribution < -0.4 is 14.8 Å². The highest BCUT2D eigenvalue weighted by Gasteiger charge is 2.16. The van der Waals surface area contributed by atoms with Crippen molar-refractivity contribution in [3.63, 3.8) is 0 Å². The highest BCUT2D eigenvalue weighted by Crippen LogP contribution is 2.33. The molecule has 0 atom stereocenters. The van der Waals surface area contributed by atoms with Gasteiger partial charge in [-0.1, -0.05) is 41.9 Å². The fourth-order valence-electron chi connectivity index (χ4n) is 3.12. The van der Waals surface area contributed by atoms with E-state index in [1.54, 1.807) is 18.2 Å². The molecule has 0 radical (unpaired) electrons. The molecule has 0 aliphatic heterocycles. The van der Waals surface area contributed by atoms with Crippen LogP contribution in [0.1, 0.15) is 18.1 Å². The number of benzene rings is 3. The summed E-state index contributed by atoms with van der Waals surface area (Å²) in [5, 5.41) is 14.8. The zero-order valence-electron chi connectivity index (χ0n) is 17.0. The molecule has 0 spiro atoms. The van der Waals surface area contributed by atoms with Crippen LogP contribution in [0.15, 0.2) is 54.1 Å². The van der Waals surface area contributed by atoms with E-state index >= 15 is 0 Å². The lowest BCUT2D eigenvalue weighted by molar-refractivity contribution is -0.112. The fraction of sp³-hybridized carbons (Fsp3) is 0.167. The molecule has 0 aliphatic carbocycles. The maximum atomic E-state index is 12.9. The summed E-state index contributed by atoms with van der Waals surface area (Å²) in [6, 6.07) is 16.9. The molecule has 3 rings (SSSR count). The predicted octanol–water partition coefficient (Wildman–Crippen LogP) is 5.75. The summed E-state index contributed by atoms with van der Waals surface area (Å²) in [7, 11) is 1.49. The van der Waals surface area contributed by atoms with E-state index in [0.717, 1.165) is 16.3 Å². The van der Waals surface area contributed by atoms with Crippen LogP contribution in [-0.4, -0.2) is 19.6 Å². The van der Waals surface area contributed by atoms with E-state index in [1.165, 1.54) is 7.11 Å². The number of carbonyl (C=O) groups excluding carboxylic acids is 1. The number of rotatable bonds is 6. The summed E-state index contributed by atoms with van der Waals surface area (Å²) in [6.45, 7) is 4.17. The minimum atomic E-state index is -0.548. The highest BCUT2D eigenvalue weighted by atomic mass is 35.5. The molecule has 0 aromatic heterocycles. The number of nitriles is 1. The van der Waals surface area contributed by atoms with Gasteiger partial charge < -0.3 is 14.8 Å². The Morgan fingerprint density at radius 3 is 2.67 bits per heavy atom. The molecule has 0 bridgehead atoms. The maximum absolute atomic E-state index is 12.9. The number of aryl methyl sites for hydroxylation is 1. The third-order valence-corrected chi connectivity index (χ3v) is 5.02. The maximum Gasteiger partial charge on any atom is 0.266 e. The van der Waals surface area contributed by atoms with Crippen molar-refractivity contribution >= 4 is 40.0 Å². The number of hydrogen-bond donors (Lipinski definition) is 1. The predicted molar refractivity (Wildman–Crippen MR) is 120 cm³/mol. The van der Waals surface area contributed by atoms with Crippen molar-refractivity contribution in [3.05, 3.63) is 70.3 Å². The lowest BCUT2D eigenvalue weighted by Gasteiger charge is -2.13. The first-order chi connectivity index (χ1) is 14.5. The van der Waals surface area contributed by atoms with Gasteiger partial charge in [0.25, 0.3) is 5.91 Å². The van der Waals surface area contributed by atoms with Gasteiger partial charge in [-0.05, 0) is 48.4 Å². The summed E-state index contributed by atoms with van der Waals surface area (Å²) < 4.78 is 11.0. The molecule has 0 saturated carbocycles. The SMILES string of the molecule is CCOc1ccc2ccccc2c1/C=C(\C#N)C(=O)Nc1cc(C)c(Cl)cc1OC. The normalized spacial score (nSPS) is 11.1. The van der Waals surface area contributed by atoms with E-state index in [2.05, 4.69) is 5.32 Å². The van der Waals surface area contributed by atoms with Crippen molar-refractivity contribution < 1.29 is 14.3 Å². The average Bonchev–Trinajstić information content (AvgIpc) is 2.75. The molecule has 6 heteroatoms. The lowest BCUT2D eigenvalue weighted by atomic mass is 10.0. The largest absolute Gasteiger partial charge is 0.495 e. The minimum Gasteiger partial charge on any atom is -0.495 e.